The van der Waals surface area contributed by atoms with Crippen LogP contribution >= 0.6 is 0 Å². The molecule has 0 bridgehead atoms. The lowest BCUT2D eigenvalue weighted by atomic mass is 9.98. The molecule has 0 unspecified atom stereocenters. The normalized spacial score (nSPS) is 14.4. The van der Waals surface area contributed by atoms with Crippen molar-refractivity contribution in [3.05, 3.63) is 93.1 Å². The van der Waals surface area contributed by atoms with Crippen LogP contribution in [-0.4, -0.2) is 39.4 Å². The maximum atomic E-state index is 13.5. The molecule has 0 spiro atoms. The third kappa shape index (κ3) is 4.89. The third-order valence-corrected chi connectivity index (χ3v) is 7.07. The number of anilines is 2. The fraction of sp³-hybridized carbons (Fsp3) is 0.290. The summed E-state index contributed by atoms with van der Waals surface area (Å²) in [6.07, 6.45) is 0. The summed E-state index contributed by atoms with van der Waals surface area (Å²) in [4.78, 5) is 28.1. The van der Waals surface area contributed by atoms with E-state index in [1.165, 1.54) is 7.11 Å². The van der Waals surface area contributed by atoms with Crippen LogP contribution in [0.2, 0.25) is 0 Å². The molecule has 1 saturated heterocycles. The number of hydrogen-bond donors (Lipinski definition) is 1. The number of nitrogens with zero attached hydrogens (tertiary/aromatic N) is 1. The Kier molecular flexibility index (Phi) is 7.20. The summed E-state index contributed by atoms with van der Waals surface area (Å²) in [5, 5.41) is 3.96. The van der Waals surface area contributed by atoms with Gasteiger partial charge in [-0.1, -0.05) is 18.2 Å². The van der Waals surface area contributed by atoms with Crippen LogP contribution in [0.25, 0.3) is 22.3 Å². The van der Waals surface area contributed by atoms with Crippen LogP contribution in [0.4, 0.5) is 11.4 Å². The first-order chi connectivity index (χ1) is 18.4. The molecule has 1 atom stereocenters. The maximum absolute atomic E-state index is 13.5. The third-order valence-electron chi connectivity index (χ3n) is 7.07. The first kappa shape index (κ1) is 25.5. The van der Waals surface area contributed by atoms with Gasteiger partial charge < -0.3 is 24.1 Å². The average Bonchev–Trinajstić information content (AvgIpc) is 2.95. The van der Waals surface area contributed by atoms with Crippen molar-refractivity contribution in [3.63, 3.8) is 0 Å². The van der Waals surface area contributed by atoms with Gasteiger partial charge in [0.1, 0.15) is 11.3 Å². The summed E-state index contributed by atoms with van der Waals surface area (Å²) < 4.78 is 16.9. The molecule has 2 heterocycles. The minimum absolute atomic E-state index is 0.0504. The standard InChI is InChI=1S/C31H32N2O5/c1-19-17-25(21(3)32-27-8-6-5-7-24(27)31(35)36-4)30-26(18-19)28(34)20(2)29(38-30)22-9-11-23(12-10-22)33-13-15-37-16-14-33/h5-12,17-18,21,32H,13-16H2,1-4H3/t21-/m0/s1. The van der Waals surface area contributed by atoms with Gasteiger partial charge in [-0.05, 0) is 68.8 Å². The average molecular weight is 513 g/mol. The van der Waals surface area contributed by atoms with E-state index in [1.807, 2.05) is 57.2 Å². The molecule has 5 rings (SSSR count). The molecule has 38 heavy (non-hydrogen) atoms. The van der Waals surface area contributed by atoms with Crippen LogP contribution < -0.4 is 15.6 Å². The number of para-hydroxylation sites is 1. The van der Waals surface area contributed by atoms with Gasteiger partial charge in [-0.25, -0.2) is 4.79 Å². The van der Waals surface area contributed by atoms with Crippen molar-refractivity contribution >= 4 is 28.3 Å². The maximum Gasteiger partial charge on any atom is 0.339 e. The van der Waals surface area contributed by atoms with Gasteiger partial charge in [0.15, 0.2) is 5.43 Å². The van der Waals surface area contributed by atoms with E-state index in [1.54, 1.807) is 12.1 Å². The summed E-state index contributed by atoms with van der Waals surface area (Å²) in [5.41, 5.74) is 5.91. The number of esters is 1. The minimum Gasteiger partial charge on any atom is -0.465 e. The Bertz CT molecular complexity index is 1530. The molecular weight excluding hydrogens is 480 g/mol. The van der Waals surface area contributed by atoms with Crippen molar-refractivity contribution in [2.45, 2.75) is 26.8 Å². The fourth-order valence-electron chi connectivity index (χ4n) is 5.02. The highest BCUT2D eigenvalue weighted by molar-refractivity contribution is 5.95. The van der Waals surface area contributed by atoms with Crippen molar-refractivity contribution in [1.29, 1.82) is 0 Å². The smallest absolute Gasteiger partial charge is 0.339 e. The molecule has 1 aliphatic heterocycles. The van der Waals surface area contributed by atoms with Crippen LogP contribution in [0, 0.1) is 13.8 Å². The number of rotatable bonds is 6. The second kappa shape index (κ2) is 10.7. The lowest BCUT2D eigenvalue weighted by molar-refractivity contribution is 0.0601. The number of carbonyl (C=O) groups excluding carboxylic acids is 1. The number of benzene rings is 3. The Morgan fingerprint density at radius 3 is 2.45 bits per heavy atom. The van der Waals surface area contributed by atoms with Gasteiger partial charge in [0.25, 0.3) is 0 Å². The van der Waals surface area contributed by atoms with E-state index in [0.717, 1.165) is 48.7 Å². The van der Waals surface area contributed by atoms with E-state index in [-0.39, 0.29) is 11.5 Å². The molecule has 1 aliphatic rings. The molecule has 1 N–H and O–H groups in total. The highest BCUT2D eigenvalue weighted by atomic mass is 16.5. The van der Waals surface area contributed by atoms with Gasteiger partial charge >= 0.3 is 5.97 Å². The van der Waals surface area contributed by atoms with Crippen molar-refractivity contribution in [3.8, 4) is 11.3 Å². The number of carbonyl (C=O) groups is 1. The monoisotopic (exact) mass is 512 g/mol. The molecule has 0 saturated carbocycles. The molecule has 1 aromatic heterocycles. The van der Waals surface area contributed by atoms with E-state index in [0.29, 0.717) is 33.5 Å². The van der Waals surface area contributed by atoms with Crippen molar-refractivity contribution < 1.29 is 18.7 Å². The van der Waals surface area contributed by atoms with E-state index in [2.05, 4.69) is 22.3 Å². The van der Waals surface area contributed by atoms with E-state index in [4.69, 9.17) is 13.9 Å². The molecule has 1 fully saturated rings. The fourth-order valence-corrected chi connectivity index (χ4v) is 5.02. The zero-order valence-electron chi connectivity index (χ0n) is 22.2. The molecule has 7 nitrogen and oxygen atoms in total. The Morgan fingerprint density at radius 1 is 1.03 bits per heavy atom. The van der Waals surface area contributed by atoms with Crippen molar-refractivity contribution in [2.24, 2.45) is 0 Å². The Hall–Kier alpha value is -4.10. The van der Waals surface area contributed by atoms with Crippen LogP contribution in [0.3, 0.4) is 0 Å². The van der Waals surface area contributed by atoms with Gasteiger partial charge in [0, 0.05) is 41.2 Å². The number of nitrogens with one attached hydrogen (secondary N) is 1. The molecular formula is C31H32N2O5. The lowest BCUT2D eigenvalue weighted by Crippen LogP contribution is -2.36. The largest absolute Gasteiger partial charge is 0.465 e. The second-order valence-corrected chi connectivity index (χ2v) is 9.67. The topological polar surface area (TPSA) is 81.0 Å². The Labute approximate surface area is 222 Å². The summed E-state index contributed by atoms with van der Waals surface area (Å²) in [5.74, 6) is 0.141. The van der Waals surface area contributed by atoms with Crippen molar-refractivity contribution in [2.75, 3.05) is 43.6 Å². The Morgan fingerprint density at radius 2 is 1.74 bits per heavy atom. The molecule has 196 valence electrons. The molecule has 0 aliphatic carbocycles. The van der Waals surface area contributed by atoms with Gasteiger partial charge in [-0.3, -0.25) is 4.79 Å². The highest BCUT2D eigenvalue weighted by Crippen LogP contribution is 2.33. The predicted molar refractivity (Wildman–Crippen MR) is 150 cm³/mol. The quantitative estimate of drug-likeness (QED) is 0.324. The summed E-state index contributed by atoms with van der Waals surface area (Å²) >= 11 is 0. The number of morpholine rings is 1. The van der Waals surface area contributed by atoms with Gasteiger partial charge in [0.2, 0.25) is 0 Å². The number of ether oxygens (including phenoxy) is 2. The number of fused-ring (bicyclic) bond motifs is 1. The number of methoxy groups -OCH3 is 1. The number of hydrogen-bond acceptors (Lipinski definition) is 7. The van der Waals surface area contributed by atoms with Gasteiger partial charge in [-0.2, -0.15) is 0 Å². The molecule has 4 aromatic rings. The van der Waals surface area contributed by atoms with Crippen LogP contribution in [0.5, 0.6) is 0 Å². The minimum atomic E-state index is -0.417. The first-order valence-electron chi connectivity index (χ1n) is 12.8. The zero-order valence-corrected chi connectivity index (χ0v) is 22.2. The zero-order chi connectivity index (χ0) is 26.8. The summed E-state index contributed by atoms with van der Waals surface area (Å²) in [7, 11) is 1.36. The second-order valence-electron chi connectivity index (χ2n) is 9.67. The van der Waals surface area contributed by atoms with Crippen LogP contribution in [0.15, 0.2) is 69.9 Å². The van der Waals surface area contributed by atoms with Gasteiger partial charge in [0.05, 0.1) is 37.3 Å². The summed E-state index contributed by atoms with van der Waals surface area (Å²) in [6, 6.07) is 19.0. The van der Waals surface area contributed by atoms with Gasteiger partial charge in [-0.15, -0.1) is 0 Å². The Balaban J connectivity index is 1.56. The molecule has 0 radical (unpaired) electrons. The SMILES string of the molecule is COC(=O)c1ccccc1N[C@@H](C)c1cc(C)cc2c(=O)c(C)c(-c3ccc(N4CCOCC4)cc3)oc12. The lowest BCUT2D eigenvalue weighted by Gasteiger charge is -2.28. The van der Waals surface area contributed by atoms with E-state index < -0.39 is 5.97 Å². The number of aryl methyl sites for hydroxylation is 1. The van der Waals surface area contributed by atoms with Crippen LogP contribution in [0.1, 0.15) is 40.0 Å². The highest BCUT2D eigenvalue weighted by Gasteiger charge is 2.21. The van der Waals surface area contributed by atoms with E-state index in [9.17, 15) is 9.59 Å². The molecule has 7 heteroatoms. The molecule has 0 amide bonds. The van der Waals surface area contributed by atoms with E-state index >= 15 is 0 Å². The first-order valence-corrected chi connectivity index (χ1v) is 12.8. The molecule has 3 aromatic carbocycles. The van der Waals surface area contributed by atoms with Crippen LogP contribution in [-0.2, 0) is 9.47 Å². The predicted octanol–water partition coefficient (Wildman–Crippen LogP) is 5.87. The summed E-state index contributed by atoms with van der Waals surface area (Å²) in [6.45, 7) is 8.92. The van der Waals surface area contributed by atoms with Crippen molar-refractivity contribution in [1.82, 2.24) is 0 Å².